The van der Waals surface area contributed by atoms with Crippen molar-refractivity contribution in [1.82, 2.24) is 5.32 Å². The molecule has 2 heterocycles. The van der Waals surface area contributed by atoms with Crippen molar-refractivity contribution in [1.29, 1.82) is 0 Å². The lowest BCUT2D eigenvalue weighted by molar-refractivity contribution is -0.359. The van der Waals surface area contributed by atoms with E-state index in [0.29, 0.717) is 12.8 Å². The van der Waals surface area contributed by atoms with E-state index in [0.717, 1.165) is 51.4 Å². The van der Waals surface area contributed by atoms with Crippen molar-refractivity contribution in [3.05, 3.63) is 0 Å². The number of rotatable bonds is 51. The van der Waals surface area contributed by atoms with Crippen LogP contribution in [0.15, 0.2) is 0 Å². The van der Waals surface area contributed by atoms with Gasteiger partial charge in [-0.15, -0.1) is 0 Å². The molecule has 12 atom stereocenters. The van der Waals surface area contributed by atoms with E-state index in [1.54, 1.807) is 0 Å². The lowest BCUT2D eigenvalue weighted by Gasteiger charge is -2.46. The molecule has 0 saturated carbocycles. The van der Waals surface area contributed by atoms with E-state index in [4.69, 9.17) is 18.9 Å². The van der Waals surface area contributed by atoms with Gasteiger partial charge in [-0.25, -0.2) is 0 Å². The fourth-order valence-corrected chi connectivity index (χ4v) is 10.8. The topological polar surface area (TPSA) is 228 Å². The van der Waals surface area contributed by atoms with E-state index in [9.17, 15) is 45.6 Å². The molecule has 0 aromatic carbocycles. The Balaban J connectivity index is 1.65. The Kier molecular flexibility index (Phi) is 43.8. The smallest absolute Gasteiger partial charge is 0.220 e. The molecule has 0 aromatic heterocycles. The van der Waals surface area contributed by atoms with Crippen LogP contribution in [-0.4, -0.2) is 140 Å². The summed E-state index contributed by atoms with van der Waals surface area (Å²) in [5.74, 6) is -0.200. The van der Waals surface area contributed by atoms with Crippen molar-refractivity contribution in [2.45, 2.75) is 357 Å². The largest absolute Gasteiger partial charge is 0.394 e. The highest BCUT2D eigenvalue weighted by Gasteiger charge is 2.51. The third kappa shape index (κ3) is 32.2. The molecule has 74 heavy (non-hydrogen) atoms. The first kappa shape index (κ1) is 69.1. The van der Waals surface area contributed by atoms with Crippen LogP contribution in [0, 0.1) is 0 Å². The summed E-state index contributed by atoms with van der Waals surface area (Å²) in [5, 5.41) is 87.2. The molecule has 440 valence electrons. The molecule has 0 spiro atoms. The fraction of sp³-hybridized carbons (Fsp3) is 0.983. The Labute approximate surface area is 451 Å². The lowest BCUT2D eigenvalue weighted by Crippen LogP contribution is -2.65. The monoisotopic (exact) mass is 1060 g/mol. The van der Waals surface area contributed by atoms with Crippen molar-refractivity contribution in [2.75, 3.05) is 19.8 Å². The van der Waals surface area contributed by atoms with E-state index >= 15 is 0 Å². The molecule has 2 aliphatic rings. The minimum absolute atomic E-state index is 0.200. The highest BCUT2D eigenvalue weighted by atomic mass is 16.7. The van der Waals surface area contributed by atoms with Crippen LogP contribution in [-0.2, 0) is 23.7 Å². The molecule has 0 aliphatic carbocycles. The fourth-order valence-electron chi connectivity index (χ4n) is 10.8. The number of carbonyl (C=O) groups excluding carboxylic acids is 1. The standard InChI is InChI=1S/C60H117NO13/c1-3-5-7-9-11-13-15-17-18-19-20-21-22-23-24-25-26-27-28-29-30-31-32-34-36-38-40-42-44-52(65)61-48(49(64)43-41-39-37-35-33-16-14-12-10-8-6-4-2)47-71-59-57(70)55(68)58(51(46-63)73-59)74-60-56(69)54(67)53(66)50(45-62)72-60/h48-51,53-60,62-64,66-70H,3-47H2,1-2H3,(H,61,65)/t48-,49+,50+,51+,53-,54?,55?,56?,57?,58+,59+,60-/m0/s1. The molecule has 0 aromatic rings. The maximum Gasteiger partial charge on any atom is 0.220 e. The van der Waals surface area contributed by atoms with Crippen LogP contribution >= 0.6 is 0 Å². The average molecular weight is 1060 g/mol. The van der Waals surface area contributed by atoms with Crippen molar-refractivity contribution in [3.63, 3.8) is 0 Å². The minimum atomic E-state index is -1.78. The number of aliphatic hydroxyl groups excluding tert-OH is 8. The summed E-state index contributed by atoms with van der Waals surface area (Å²) in [6.45, 7) is 2.89. The summed E-state index contributed by atoms with van der Waals surface area (Å²) >= 11 is 0. The van der Waals surface area contributed by atoms with Crippen molar-refractivity contribution in [3.8, 4) is 0 Å². The van der Waals surface area contributed by atoms with Crippen molar-refractivity contribution >= 4 is 5.91 Å². The van der Waals surface area contributed by atoms with Crippen LogP contribution in [0.5, 0.6) is 0 Å². The average Bonchev–Trinajstić information content (AvgIpc) is 3.40. The summed E-state index contributed by atoms with van der Waals surface area (Å²) < 4.78 is 22.8. The number of hydrogen-bond donors (Lipinski definition) is 9. The van der Waals surface area contributed by atoms with Crippen LogP contribution in [0.2, 0.25) is 0 Å². The molecule has 2 rings (SSSR count). The quantitative estimate of drug-likeness (QED) is 0.0259. The van der Waals surface area contributed by atoms with E-state index in [2.05, 4.69) is 19.2 Å². The van der Waals surface area contributed by atoms with Crippen LogP contribution in [0.3, 0.4) is 0 Å². The van der Waals surface area contributed by atoms with Gasteiger partial charge in [-0.2, -0.15) is 0 Å². The Morgan fingerprint density at radius 1 is 0.432 bits per heavy atom. The first-order valence-corrected chi connectivity index (χ1v) is 31.3. The number of amides is 1. The number of nitrogens with one attached hydrogen (secondary N) is 1. The molecule has 0 bridgehead atoms. The van der Waals surface area contributed by atoms with Crippen LogP contribution in [0.25, 0.3) is 0 Å². The molecule has 14 nitrogen and oxygen atoms in total. The predicted molar refractivity (Wildman–Crippen MR) is 296 cm³/mol. The molecular formula is C60H117NO13. The van der Waals surface area contributed by atoms with E-state index in [1.807, 2.05) is 0 Å². The second-order valence-electron chi connectivity index (χ2n) is 22.6. The second kappa shape index (κ2) is 46.9. The van der Waals surface area contributed by atoms with Crippen molar-refractivity contribution < 1.29 is 64.6 Å². The minimum Gasteiger partial charge on any atom is -0.394 e. The van der Waals surface area contributed by atoms with Gasteiger partial charge in [0.25, 0.3) is 0 Å². The van der Waals surface area contributed by atoms with Crippen LogP contribution < -0.4 is 5.32 Å². The van der Waals surface area contributed by atoms with Gasteiger partial charge >= 0.3 is 0 Å². The van der Waals surface area contributed by atoms with Gasteiger partial charge in [0.05, 0.1) is 32.0 Å². The van der Waals surface area contributed by atoms with E-state index < -0.39 is 86.8 Å². The number of unbranched alkanes of at least 4 members (excludes halogenated alkanes) is 38. The Morgan fingerprint density at radius 3 is 1.15 bits per heavy atom. The van der Waals surface area contributed by atoms with Crippen LogP contribution in [0.1, 0.15) is 284 Å². The van der Waals surface area contributed by atoms with Gasteiger partial charge in [-0.05, 0) is 12.8 Å². The first-order valence-electron chi connectivity index (χ1n) is 31.3. The zero-order valence-electron chi connectivity index (χ0n) is 47.4. The third-order valence-corrected chi connectivity index (χ3v) is 15.8. The summed E-state index contributed by atoms with van der Waals surface area (Å²) in [4.78, 5) is 13.3. The molecule has 2 fully saturated rings. The highest BCUT2D eigenvalue weighted by molar-refractivity contribution is 5.76. The van der Waals surface area contributed by atoms with E-state index in [-0.39, 0.29) is 12.5 Å². The van der Waals surface area contributed by atoms with Gasteiger partial charge in [0, 0.05) is 6.42 Å². The lowest BCUT2D eigenvalue weighted by atomic mass is 9.97. The summed E-state index contributed by atoms with van der Waals surface area (Å²) in [6, 6.07) is -0.822. The third-order valence-electron chi connectivity index (χ3n) is 15.8. The molecule has 14 heteroatoms. The SMILES string of the molecule is CCCCCCCCCCCCCCCCCCCCCCCCCCCCCCC(=O)N[C@@H](CO[C@@H]1O[C@H](CO)[C@@H](O[C@@H]2O[C@H](CO)[C@H](O)C(O)C2O)C(O)C1O)[C@H](O)CCCCCCCCCCCCCC. The maximum absolute atomic E-state index is 13.3. The van der Waals surface area contributed by atoms with Crippen molar-refractivity contribution in [2.24, 2.45) is 0 Å². The Bertz CT molecular complexity index is 1250. The predicted octanol–water partition coefficient (Wildman–Crippen LogP) is 10.9. The Morgan fingerprint density at radius 2 is 0.770 bits per heavy atom. The molecule has 0 radical (unpaired) electrons. The zero-order chi connectivity index (χ0) is 53.9. The molecule has 2 saturated heterocycles. The van der Waals surface area contributed by atoms with Gasteiger partial charge in [0.15, 0.2) is 12.6 Å². The molecule has 4 unspecified atom stereocenters. The van der Waals surface area contributed by atoms with Crippen LogP contribution in [0.4, 0.5) is 0 Å². The zero-order valence-corrected chi connectivity index (χ0v) is 47.4. The van der Waals surface area contributed by atoms with Gasteiger partial charge in [0.2, 0.25) is 5.91 Å². The summed E-state index contributed by atoms with van der Waals surface area (Å²) in [7, 11) is 0. The summed E-state index contributed by atoms with van der Waals surface area (Å²) in [6.07, 6.45) is 35.6. The summed E-state index contributed by atoms with van der Waals surface area (Å²) in [5.41, 5.74) is 0. The molecule has 9 N–H and O–H groups in total. The van der Waals surface area contributed by atoms with E-state index in [1.165, 1.54) is 205 Å². The van der Waals surface area contributed by atoms with Gasteiger partial charge < -0.3 is 65.1 Å². The number of aliphatic hydroxyl groups is 8. The van der Waals surface area contributed by atoms with Gasteiger partial charge in [0.1, 0.15) is 48.8 Å². The number of ether oxygens (including phenoxy) is 4. The number of hydrogen-bond acceptors (Lipinski definition) is 13. The normalized spacial score (nSPS) is 25.1. The molecular weight excluding hydrogens is 943 g/mol. The maximum atomic E-state index is 13.3. The van der Waals surface area contributed by atoms with Gasteiger partial charge in [-0.1, -0.05) is 264 Å². The Hall–Kier alpha value is -1.01. The molecule has 2 aliphatic heterocycles. The molecule has 1 amide bonds. The first-order chi connectivity index (χ1) is 36.1. The highest BCUT2D eigenvalue weighted by Crippen LogP contribution is 2.30. The number of carbonyl (C=O) groups is 1. The second-order valence-corrected chi connectivity index (χ2v) is 22.6. The van der Waals surface area contributed by atoms with Gasteiger partial charge in [-0.3, -0.25) is 4.79 Å².